The van der Waals surface area contributed by atoms with Gasteiger partial charge < -0.3 is 5.73 Å². The monoisotopic (exact) mass is 207 g/mol. The van der Waals surface area contributed by atoms with E-state index in [9.17, 15) is 4.39 Å². The van der Waals surface area contributed by atoms with Crippen LogP contribution in [0, 0.1) is 5.82 Å². The Balaban J connectivity index is 2.51. The van der Waals surface area contributed by atoms with Crippen molar-refractivity contribution in [1.82, 2.24) is 0 Å². The van der Waals surface area contributed by atoms with Gasteiger partial charge in [0.05, 0.1) is 0 Å². The van der Waals surface area contributed by atoms with Crippen molar-refractivity contribution in [2.24, 2.45) is 5.73 Å². The summed E-state index contributed by atoms with van der Waals surface area (Å²) < 4.78 is 13.4. The third-order valence-electron chi connectivity index (χ3n) is 2.10. The van der Waals surface area contributed by atoms with Crippen molar-refractivity contribution in [2.75, 3.05) is 0 Å². The molecule has 14 heavy (non-hydrogen) atoms. The molecule has 1 aromatic heterocycles. The van der Waals surface area contributed by atoms with Crippen LogP contribution in [0.4, 0.5) is 4.39 Å². The van der Waals surface area contributed by atoms with Crippen molar-refractivity contribution in [3.63, 3.8) is 0 Å². The first-order valence-corrected chi connectivity index (χ1v) is 5.26. The molecule has 3 heteroatoms. The maximum Gasteiger partial charge on any atom is 0.131 e. The molecule has 0 amide bonds. The Bertz CT molecular complexity index is 423. The van der Waals surface area contributed by atoms with E-state index in [2.05, 4.69) is 0 Å². The molecule has 1 aromatic carbocycles. The average molecular weight is 207 g/mol. The third-order valence-corrected chi connectivity index (χ3v) is 2.78. The molecule has 0 saturated carbocycles. The highest BCUT2D eigenvalue weighted by Crippen LogP contribution is 2.25. The molecule has 1 heterocycles. The number of hydrogen-bond acceptors (Lipinski definition) is 2. The van der Waals surface area contributed by atoms with Gasteiger partial charge in [0.25, 0.3) is 0 Å². The maximum absolute atomic E-state index is 13.4. The minimum absolute atomic E-state index is 0.194. The molecule has 0 fully saturated rings. The van der Waals surface area contributed by atoms with E-state index < -0.39 is 0 Å². The fourth-order valence-corrected chi connectivity index (χ4v) is 1.99. The third kappa shape index (κ3) is 1.69. The van der Waals surface area contributed by atoms with Crippen molar-refractivity contribution in [3.05, 3.63) is 46.4 Å². The van der Waals surface area contributed by atoms with E-state index in [1.165, 1.54) is 6.07 Å². The molecule has 2 N–H and O–H groups in total. The Morgan fingerprint density at radius 2 is 2.14 bits per heavy atom. The van der Waals surface area contributed by atoms with Gasteiger partial charge in [-0.25, -0.2) is 4.39 Å². The van der Waals surface area contributed by atoms with E-state index in [1.54, 1.807) is 23.5 Å². The lowest BCUT2D eigenvalue weighted by atomic mass is 10.1. The molecule has 0 unspecified atom stereocenters. The molecule has 0 radical (unpaired) electrons. The molecular weight excluding hydrogens is 197 g/mol. The van der Waals surface area contributed by atoms with Gasteiger partial charge in [-0.15, -0.1) is 0 Å². The minimum Gasteiger partial charge on any atom is -0.326 e. The summed E-state index contributed by atoms with van der Waals surface area (Å²) in [5.41, 5.74) is 8.01. The van der Waals surface area contributed by atoms with Gasteiger partial charge in [0.15, 0.2) is 0 Å². The maximum atomic E-state index is 13.4. The zero-order chi connectivity index (χ0) is 9.97. The number of halogens is 1. The topological polar surface area (TPSA) is 26.0 Å². The molecule has 2 aromatic rings. The summed E-state index contributed by atoms with van der Waals surface area (Å²) in [6.45, 7) is 0.442. The molecule has 0 aliphatic heterocycles. The van der Waals surface area contributed by atoms with Gasteiger partial charge in [0.1, 0.15) is 5.82 Å². The van der Waals surface area contributed by atoms with Gasteiger partial charge in [-0.3, -0.25) is 0 Å². The normalized spacial score (nSPS) is 10.4. The minimum atomic E-state index is -0.194. The van der Waals surface area contributed by atoms with E-state index in [1.807, 2.05) is 16.8 Å². The second kappa shape index (κ2) is 3.90. The zero-order valence-corrected chi connectivity index (χ0v) is 8.35. The van der Waals surface area contributed by atoms with Gasteiger partial charge >= 0.3 is 0 Å². The quantitative estimate of drug-likeness (QED) is 0.804. The molecule has 2 rings (SSSR count). The van der Waals surface area contributed by atoms with Crippen LogP contribution in [0.25, 0.3) is 11.1 Å². The second-order valence-corrected chi connectivity index (χ2v) is 3.81. The summed E-state index contributed by atoms with van der Waals surface area (Å²) >= 11 is 1.56. The molecule has 1 nitrogen and oxygen atoms in total. The van der Waals surface area contributed by atoms with Crippen LogP contribution in [0.1, 0.15) is 5.56 Å². The standard InChI is InChI=1S/C11H10FNS/c12-11-2-1-8(6-13)5-10(11)9-3-4-14-7-9/h1-5,7H,6,13H2. The first-order chi connectivity index (χ1) is 6.81. The van der Waals surface area contributed by atoms with Gasteiger partial charge in [0.2, 0.25) is 0 Å². The Kier molecular flexibility index (Phi) is 2.61. The van der Waals surface area contributed by atoms with Crippen LogP contribution >= 0.6 is 11.3 Å². The predicted octanol–water partition coefficient (Wildman–Crippen LogP) is 3.01. The Hall–Kier alpha value is -1.19. The Morgan fingerprint density at radius 1 is 1.29 bits per heavy atom. The van der Waals surface area contributed by atoms with Crippen molar-refractivity contribution in [3.8, 4) is 11.1 Å². The predicted molar refractivity (Wildman–Crippen MR) is 57.6 cm³/mol. The van der Waals surface area contributed by atoms with E-state index in [0.717, 1.165) is 11.1 Å². The first kappa shape index (κ1) is 9.37. The van der Waals surface area contributed by atoms with Crippen LogP contribution in [0.15, 0.2) is 35.0 Å². The molecule has 0 aliphatic carbocycles. The van der Waals surface area contributed by atoms with Crippen LogP contribution in [0.5, 0.6) is 0 Å². The van der Waals surface area contributed by atoms with Gasteiger partial charge in [-0.05, 0) is 40.1 Å². The largest absolute Gasteiger partial charge is 0.326 e. The summed E-state index contributed by atoms with van der Waals surface area (Å²) in [6, 6.07) is 6.89. The average Bonchev–Trinajstić information content (AvgIpc) is 2.71. The summed E-state index contributed by atoms with van der Waals surface area (Å²) in [4.78, 5) is 0. The number of benzene rings is 1. The molecule has 0 bridgehead atoms. The first-order valence-electron chi connectivity index (χ1n) is 4.32. The fraction of sp³-hybridized carbons (Fsp3) is 0.0909. The molecule has 0 saturated heterocycles. The highest BCUT2D eigenvalue weighted by Gasteiger charge is 2.05. The number of nitrogens with two attached hydrogens (primary N) is 1. The Labute approximate surface area is 86.0 Å². The smallest absolute Gasteiger partial charge is 0.131 e. The highest BCUT2D eigenvalue weighted by atomic mass is 32.1. The molecular formula is C11H10FNS. The summed E-state index contributed by atoms with van der Waals surface area (Å²) in [5, 5.41) is 3.86. The lowest BCUT2D eigenvalue weighted by molar-refractivity contribution is 0.630. The molecule has 72 valence electrons. The van der Waals surface area contributed by atoms with Crippen LogP contribution in [0.3, 0.4) is 0 Å². The van der Waals surface area contributed by atoms with Crippen molar-refractivity contribution in [2.45, 2.75) is 6.54 Å². The van der Waals surface area contributed by atoms with E-state index >= 15 is 0 Å². The van der Waals surface area contributed by atoms with Crippen molar-refractivity contribution >= 4 is 11.3 Å². The van der Waals surface area contributed by atoms with Gasteiger partial charge in [-0.1, -0.05) is 6.07 Å². The number of hydrogen-bond donors (Lipinski definition) is 1. The highest BCUT2D eigenvalue weighted by molar-refractivity contribution is 7.08. The van der Waals surface area contributed by atoms with E-state index in [-0.39, 0.29) is 5.82 Å². The van der Waals surface area contributed by atoms with E-state index in [0.29, 0.717) is 12.1 Å². The zero-order valence-electron chi connectivity index (χ0n) is 7.53. The lowest BCUT2D eigenvalue weighted by Crippen LogP contribution is -1.97. The van der Waals surface area contributed by atoms with Gasteiger partial charge in [0, 0.05) is 12.1 Å². The lowest BCUT2D eigenvalue weighted by Gasteiger charge is -2.03. The van der Waals surface area contributed by atoms with Crippen molar-refractivity contribution < 1.29 is 4.39 Å². The summed E-state index contributed by atoms with van der Waals surface area (Å²) in [6.07, 6.45) is 0. The SMILES string of the molecule is NCc1ccc(F)c(-c2ccsc2)c1. The number of thiophene rings is 1. The van der Waals surface area contributed by atoms with E-state index in [4.69, 9.17) is 5.73 Å². The molecule has 0 spiro atoms. The van der Waals surface area contributed by atoms with Crippen LogP contribution in [-0.2, 0) is 6.54 Å². The van der Waals surface area contributed by atoms with Crippen molar-refractivity contribution in [1.29, 1.82) is 0 Å². The van der Waals surface area contributed by atoms with Crippen LogP contribution in [-0.4, -0.2) is 0 Å². The Morgan fingerprint density at radius 3 is 2.79 bits per heavy atom. The fourth-order valence-electron chi connectivity index (χ4n) is 1.34. The number of rotatable bonds is 2. The molecule has 0 aliphatic rings. The van der Waals surface area contributed by atoms with Crippen LogP contribution in [0.2, 0.25) is 0 Å². The van der Waals surface area contributed by atoms with Crippen LogP contribution < -0.4 is 5.73 Å². The van der Waals surface area contributed by atoms with Gasteiger partial charge in [-0.2, -0.15) is 11.3 Å². The summed E-state index contributed by atoms with van der Waals surface area (Å²) in [7, 11) is 0. The molecule has 0 atom stereocenters. The second-order valence-electron chi connectivity index (χ2n) is 3.03. The summed E-state index contributed by atoms with van der Waals surface area (Å²) in [5.74, 6) is -0.194.